The van der Waals surface area contributed by atoms with Crippen LogP contribution in [0.2, 0.25) is 0 Å². The Hall–Kier alpha value is -1.72. The second-order valence-electron chi connectivity index (χ2n) is 3.16. The Kier molecular flexibility index (Phi) is 3.76. The maximum atomic E-state index is 11.9. The highest BCUT2D eigenvalue weighted by molar-refractivity contribution is 5.74. The predicted octanol–water partition coefficient (Wildman–Crippen LogP) is 2.00. The van der Waals surface area contributed by atoms with Gasteiger partial charge in [0.25, 0.3) is 0 Å². The molecule has 0 aromatic heterocycles. The molecule has 0 aliphatic heterocycles. The summed E-state index contributed by atoms with van der Waals surface area (Å²) >= 11 is 0. The van der Waals surface area contributed by atoms with E-state index in [1.807, 2.05) is 0 Å². The van der Waals surface area contributed by atoms with Gasteiger partial charge in [0, 0.05) is 6.42 Å². The van der Waals surface area contributed by atoms with Crippen molar-refractivity contribution in [1.29, 1.82) is 0 Å². The SMILES string of the molecule is NC(=O)CCc1cccc(OC(F)(F)F)c1. The number of halogens is 3. The average molecular weight is 233 g/mol. The van der Waals surface area contributed by atoms with E-state index >= 15 is 0 Å². The fourth-order valence-electron chi connectivity index (χ4n) is 1.17. The van der Waals surface area contributed by atoms with Crippen molar-refractivity contribution in [3.63, 3.8) is 0 Å². The van der Waals surface area contributed by atoms with Gasteiger partial charge >= 0.3 is 6.36 Å². The standard InChI is InChI=1S/C10H10F3NO2/c11-10(12,13)16-8-3-1-2-7(6-8)4-5-9(14)15/h1-3,6H,4-5H2,(H2,14,15). The largest absolute Gasteiger partial charge is 0.573 e. The lowest BCUT2D eigenvalue weighted by Gasteiger charge is -2.09. The molecule has 0 radical (unpaired) electrons. The van der Waals surface area contributed by atoms with Gasteiger partial charge in [-0.25, -0.2) is 0 Å². The number of hydrogen-bond acceptors (Lipinski definition) is 2. The number of amides is 1. The number of rotatable bonds is 4. The number of hydrogen-bond donors (Lipinski definition) is 1. The van der Waals surface area contributed by atoms with E-state index in [0.717, 1.165) is 0 Å². The van der Waals surface area contributed by atoms with Crippen molar-refractivity contribution < 1.29 is 22.7 Å². The molecule has 0 unspecified atom stereocenters. The first-order valence-electron chi connectivity index (χ1n) is 4.50. The van der Waals surface area contributed by atoms with Crippen molar-refractivity contribution in [2.24, 2.45) is 5.73 Å². The van der Waals surface area contributed by atoms with E-state index in [0.29, 0.717) is 12.0 Å². The lowest BCUT2D eigenvalue weighted by atomic mass is 10.1. The van der Waals surface area contributed by atoms with E-state index in [2.05, 4.69) is 4.74 Å². The normalized spacial score (nSPS) is 11.2. The minimum absolute atomic E-state index is 0.0927. The molecule has 1 amide bonds. The molecule has 2 N–H and O–H groups in total. The molecule has 0 fully saturated rings. The topological polar surface area (TPSA) is 52.3 Å². The quantitative estimate of drug-likeness (QED) is 0.864. The summed E-state index contributed by atoms with van der Waals surface area (Å²) in [6.45, 7) is 0. The molecule has 0 aliphatic carbocycles. The Balaban J connectivity index is 2.67. The highest BCUT2D eigenvalue weighted by Gasteiger charge is 2.31. The predicted molar refractivity (Wildman–Crippen MR) is 50.6 cm³/mol. The molecule has 3 nitrogen and oxygen atoms in total. The molecular weight excluding hydrogens is 223 g/mol. The third-order valence-electron chi connectivity index (χ3n) is 1.79. The van der Waals surface area contributed by atoms with Crippen LogP contribution in [0.1, 0.15) is 12.0 Å². The van der Waals surface area contributed by atoms with Gasteiger partial charge in [0.05, 0.1) is 0 Å². The third-order valence-corrected chi connectivity index (χ3v) is 1.79. The summed E-state index contributed by atoms with van der Waals surface area (Å²) in [6, 6.07) is 5.46. The summed E-state index contributed by atoms with van der Waals surface area (Å²) in [5, 5.41) is 0. The van der Waals surface area contributed by atoms with Crippen LogP contribution in [0.5, 0.6) is 5.75 Å². The van der Waals surface area contributed by atoms with Gasteiger partial charge in [0.2, 0.25) is 5.91 Å². The fourth-order valence-corrected chi connectivity index (χ4v) is 1.17. The van der Waals surface area contributed by atoms with Crippen LogP contribution in [-0.4, -0.2) is 12.3 Å². The number of primary amides is 1. The Bertz CT molecular complexity index is 377. The Labute approximate surface area is 90.0 Å². The molecule has 16 heavy (non-hydrogen) atoms. The van der Waals surface area contributed by atoms with Gasteiger partial charge in [0.15, 0.2) is 0 Å². The van der Waals surface area contributed by atoms with E-state index in [1.54, 1.807) is 6.07 Å². The van der Waals surface area contributed by atoms with Crippen molar-refractivity contribution in [2.45, 2.75) is 19.2 Å². The van der Waals surface area contributed by atoms with Crippen molar-refractivity contribution in [3.8, 4) is 5.75 Å². The third kappa shape index (κ3) is 4.68. The summed E-state index contributed by atoms with van der Waals surface area (Å²) in [5.41, 5.74) is 5.50. The molecule has 1 rings (SSSR count). The van der Waals surface area contributed by atoms with Crippen LogP contribution in [-0.2, 0) is 11.2 Å². The molecule has 0 aliphatic rings. The molecule has 88 valence electrons. The van der Waals surface area contributed by atoms with E-state index in [9.17, 15) is 18.0 Å². The summed E-state index contributed by atoms with van der Waals surface area (Å²) in [4.78, 5) is 10.5. The lowest BCUT2D eigenvalue weighted by Crippen LogP contribution is -2.17. The fraction of sp³-hybridized carbons (Fsp3) is 0.300. The number of benzene rings is 1. The minimum atomic E-state index is -4.71. The Morgan fingerprint density at radius 3 is 2.62 bits per heavy atom. The molecule has 0 atom stereocenters. The number of nitrogens with two attached hydrogens (primary N) is 1. The minimum Gasteiger partial charge on any atom is -0.406 e. The molecule has 1 aromatic carbocycles. The van der Waals surface area contributed by atoms with Crippen LogP contribution in [0.3, 0.4) is 0 Å². The lowest BCUT2D eigenvalue weighted by molar-refractivity contribution is -0.274. The highest BCUT2D eigenvalue weighted by atomic mass is 19.4. The van der Waals surface area contributed by atoms with E-state index < -0.39 is 12.3 Å². The Morgan fingerprint density at radius 1 is 1.38 bits per heavy atom. The molecule has 0 saturated carbocycles. The second kappa shape index (κ2) is 4.87. The van der Waals surface area contributed by atoms with Crippen LogP contribution >= 0.6 is 0 Å². The molecule has 0 bridgehead atoms. The summed E-state index contributed by atoms with van der Waals surface area (Å²) in [5.74, 6) is -0.795. The average Bonchev–Trinajstić information content (AvgIpc) is 2.12. The van der Waals surface area contributed by atoms with Crippen LogP contribution in [0.4, 0.5) is 13.2 Å². The summed E-state index contributed by atoms with van der Waals surface area (Å²) in [7, 11) is 0. The first-order valence-corrected chi connectivity index (χ1v) is 4.50. The molecule has 0 heterocycles. The monoisotopic (exact) mass is 233 g/mol. The van der Waals surface area contributed by atoms with Crippen molar-refractivity contribution in [1.82, 2.24) is 0 Å². The van der Waals surface area contributed by atoms with Crippen LogP contribution in [0, 0.1) is 0 Å². The van der Waals surface area contributed by atoms with Crippen LogP contribution < -0.4 is 10.5 Å². The zero-order chi connectivity index (χ0) is 12.2. The summed E-state index contributed by atoms with van der Waals surface area (Å²) in [6.07, 6.45) is -4.32. The molecule has 0 saturated heterocycles. The molecule has 0 spiro atoms. The number of carbonyl (C=O) groups excluding carboxylic acids is 1. The summed E-state index contributed by atoms with van der Waals surface area (Å²) < 4.78 is 39.4. The van der Waals surface area contributed by atoms with Gasteiger partial charge in [0.1, 0.15) is 5.75 Å². The smallest absolute Gasteiger partial charge is 0.406 e. The van der Waals surface area contributed by atoms with Crippen molar-refractivity contribution >= 4 is 5.91 Å². The van der Waals surface area contributed by atoms with Gasteiger partial charge in [-0.3, -0.25) is 4.79 Å². The number of alkyl halides is 3. The van der Waals surface area contributed by atoms with E-state index in [-0.39, 0.29) is 12.2 Å². The van der Waals surface area contributed by atoms with Gasteiger partial charge in [-0.15, -0.1) is 13.2 Å². The zero-order valence-corrected chi connectivity index (χ0v) is 8.25. The number of carbonyl (C=O) groups is 1. The Morgan fingerprint density at radius 2 is 2.06 bits per heavy atom. The van der Waals surface area contributed by atoms with E-state index in [4.69, 9.17) is 5.73 Å². The first kappa shape index (κ1) is 12.4. The zero-order valence-electron chi connectivity index (χ0n) is 8.25. The molecule has 6 heteroatoms. The number of ether oxygens (including phenoxy) is 1. The van der Waals surface area contributed by atoms with Crippen LogP contribution in [0.15, 0.2) is 24.3 Å². The maximum Gasteiger partial charge on any atom is 0.573 e. The van der Waals surface area contributed by atoms with Gasteiger partial charge in [-0.05, 0) is 24.1 Å². The van der Waals surface area contributed by atoms with Gasteiger partial charge in [-0.2, -0.15) is 0 Å². The van der Waals surface area contributed by atoms with Gasteiger partial charge < -0.3 is 10.5 Å². The molecular formula is C10H10F3NO2. The number of aryl methyl sites for hydroxylation is 1. The first-order chi connectivity index (χ1) is 7.37. The highest BCUT2D eigenvalue weighted by Crippen LogP contribution is 2.23. The van der Waals surface area contributed by atoms with Crippen LogP contribution in [0.25, 0.3) is 0 Å². The van der Waals surface area contributed by atoms with Crippen molar-refractivity contribution in [2.75, 3.05) is 0 Å². The molecule has 1 aromatic rings. The van der Waals surface area contributed by atoms with Gasteiger partial charge in [-0.1, -0.05) is 12.1 Å². The maximum absolute atomic E-state index is 11.9. The van der Waals surface area contributed by atoms with E-state index in [1.165, 1.54) is 18.2 Å². The second-order valence-corrected chi connectivity index (χ2v) is 3.16. The van der Waals surface area contributed by atoms with Crippen molar-refractivity contribution in [3.05, 3.63) is 29.8 Å².